The van der Waals surface area contributed by atoms with Crippen molar-refractivity contribution in [2.75, 3.05) is 0 Å². The van der Waals surface area contributed by atoms with E-state index in [1.165, 1.54) is 6.08 Å². The number of allylic oxidation sites excluding steroid dienone is 2. The van der Waals surface area contributed by atoms with Gasteiger partial charge in [-0.1, -0.05) is 20.8 Å². The molecule has 2 bridgehead atoms. The molecule has 0 aromatic heterocycles. The van der Waals surface area contributed by atoms with E-state index in [2.05, 4.69) is 4.18 Å². The van der Waals surface area contributed by atoms with Crippen LogP contribution in [0.5, 0.6) is 0 Å². The number of hydrogen-bond donors (Lipinski definition) is 0. The lowest BCUT2D eigenvalue weighted by molar-refractivity contribution is -0.0538. The van der Waals surface area contributed by atoms with Crippen LogP contribution in [0.3, 0.4) is 0 Å². The first-order chi connectivity index (χ1) is 7.92. The third kappa shape index (κ3) is 1.59. The van der Waals surface area contributed by atoms with Crippen molar-refractivity contribution in [1.29, 1.82) is 0 Å². The molecule has 2 atom stereocenters. The first kappa shape index (κ1) is 13.7. The molecule has 0 radical (unpaired) electrons. The van der Waals surface area contributed by atoms with Gasteiger partial charge in [-0.25, -0.2) is 0 Å². The summed E-state index contributed by atoms with van der Waals surface area (Å²) in [6, 6.07) is 0. The number of alkyl halides is 3. The van der Waals surface area contributed by atoms with Crippen molar-refractivity contribution in [1.82, 2.24) is 0 Å². The van der Waals surface area contributed by atoms with E-state index in [1.54, 1.807) is 6.92 Å². The Bertz CT molecular complexity index is 504. The van der Waals surface area contributed by atoms with Crippen LogP contribution in [0.4, 0.5) is 13.2 Å². The molecule has 2 rings (SSSR count). The maximum atomic E-state index is 12.3. The van der Waals surface area contributed by atoms with Crippen molar-refractivity contribution < 1.29 is 25.8 Å². The normalized spacial score (nSPS) is 34.6. The van der Waals surface area contributed by atoms with Crippen LogP contribution in [0, 0.1) is 16.7 Å². The van der Waals surface area contributed by atoms with Crippen molar-refractivity contribution >= 4 is 10.1 Å². The first-order valence-corrected chi connectivity index (χ1v) is 7.06. The SMILES string of the molecule is CC1(C)[C@H]2C=C(OS(=O)(=O)C(F)(F)F)[C@]1(C)CC2. The van der Waals surface area contributed by atoms with E-state index in [0.29, 0.717) is 6.42 Å². The number of fused-ring (bicyclic) bond motifs is 2. The van der Waals surface area contributed by atoms with Crippen molar-refractivity contribution in [3.8, 4) is 0 Å². The van der Waals surface area contributed by atoms with E-state index in [0.717, 1.165) is 6.42 Å². The predicted molar refractivity (Wildman–Crippen MR) is 58.8 cm³/mol. The van der Waals surface area contributed by atoms with Gasteiger partial charge in [0.15, 0.2) is 0 Å². The topological polar surface area (TPSA) is 43.4 Å². The first-order valence-electron chi connectivity index (χ1n) is 5.65. The smallest absolute Gasteiger partial charge is 0.380 e. The molecule has 2 aliphatic carbocycles. The second-order valence-corrected chi connectivity index (χ2v) is 7.25. The standard InChI is InChI=1S/C11H15F3O3S/c1-9(2)7-4-5-10(9,3)8(6-7)17-18(15,16)11(12,13)14/h6-7H,4-5H2,1-3H3/t7-,10+/m1/s1. The van der Waals surface area contributed by atoms with Gasteiger partial charge in [0, 0.05) is 5.41 Å². The van der Waals surface area contributed by atoms with Gasteiger partial charge in [-0.2, -0.15) is 21.6 Å². The Morgan fingerprint density at radius 1 is 1.33 bits per heavy atom. The summed E-state index contributed by atoms with van der Waals surface area (Å²) in [6.45, 7) is 5.62. The van der Waals surface area contributed by atoms with Crippen LogP contribution in [-0.2, 0) is 14.3 Å². The van der Waals surface area contributed by atoms with Gasteiger partial charge in [0.1, 0.15) is 5.76 Å². The molecule has 104 valence electrons. The molecular formula is C11H15F3O3S. The highest BCUT2D eigenvalue weighted by Gasteiger charge is 2.61. The van der Waals surface area contributed by atoms with Crippen LogP contribution in [0.1, 0.15) is 33.6 Å². The zero-order valence-corrected chi connectivity index (χ0v) is 11.2. The second-order valence-electron chi connectivity index (χ2n) is 5.71. The van der Waals surface area contributed by atoms with Crippen LogP contribution in [0.25, 0.3) is 0 Å². The number of halogens is 3. The molecule has 0 amide bonds. The monoisotopic (exact) mass is 284 g/mol. The van der Waals surface area contributed by atoms with E-state index in [4.69, 9.17) is 0 Å². The van der Waals surface area contributed by atoms with Crippen LogP contribution in [0.2, 0.25) is 0 Å². The lowest BCUT2D eigenvalue weighted by Gasteiger charge is -2.36. The summed E-state index contributed by atoms with van der Waals surface area (Å²) in [5.74, 6) is 0.0157. The Morgan fingerprint density at radius 3 is 2.22 bits per heavy atom. The zero-order valence-electron chi connectivity index (χ0n) is 10.3. The third-order valence-corrected chi connectivity index (χ3v) is 5.65. The predicted octanol–water partition coefficient (Wildman–Crippen LogP) is 3.19. The molecule has 3 nitrogen and oxygen atoms in total. The van der Waals surface area contributed by atoms with Gasteiger partial charge in [0.05, 0.1) is 0 Å². The van der Waals surface area contributed by atoms with Gasteiger partial charge in [-0.3, -0.25) is 0 Å². The minimum atomic E-state index is -5.56. The minimum absolute atomic E-state index is 0.0546. The molecule has 0 spiro atoms. The van der Waals surface area contributed by atoms with Gasteiger partial charge < -0.3 is 4.18 Å². The van der Waals surface area contributed by atoms with Crippen LogP contribution >= 0.6 is 0 Å². The lowest BCUT2D eigenvalue weighted by Crippen LogP contribution is -2.34. The summed E-state index contributed by atoms with van der Waals surface area (Å²) in [4.78, 5) is 0. The van der Waals surface area contributed by atoms with Gasteiger partial charge in [0.25, 0.3) is 0 Å². The molecule has 1 fully saturated rings. The average Bonchev–Trinajstić information content (AvgIpc) is 2.48. The minimum Gasteiger partial charge on any atom is -0.380 e. The Labute approximate surface area is 104 Å². The molecule has 0 unspecified atom stereocenters. The summed E-state index contributed by atoms with van der Waals surface area (Å²) >= 11 is 0. The summed E-state index contributed by atoms with van der Waals surface area (Å²) in [5.41, 5.74) is -6.30. The molecular weight excluding hydrogens is 269 g/mol. The van der Waals surface area contributed by atoms with Gasteiger partial charge in [0.2, 0.25) is 0 Å². The van der Waals surface area contributed by atoms with Crippen molar-refractivity contribution in [3.05, 3.63) is 11.8 Å². The van der Waals surface area contributed by atoms with E-state index < -0.39 is 21.0 Å². The molecule has 0 aromatic rings. The maximum absolute atomic E-state index is 12.3. The summed E-state index contributed by atoms with van der Waals surface area (Å²) in [7, 11) is -5.56. The average molecular weight is 284 g/mol. The molecule has 0 heterocycles. The molecule has 0 aliphatic heterocycles. The highest BCUT2D eigenvalue weighted by molar-refractivity contribution is 7.87. The fraction of sp³-hybridized carbons (Fsp3) is 0.818. The van der Waals surface area contributed by atoms with E-state index in [1.807, 2.05) is 13.8 Å². The molecule has 0 saturated heterocycles. The zero-order chi connectivity index (χ0) is 14.0. The lowest BCUT2D eigenvalue weighted by atomic mass is 9.70. The molecule has 2 aliphatic rings. The molecule has 7 heteroatoms. The Balaban J connectivity index is 2.33. The Morgan fingerprint density at radius 2 is 1.89 bits per heavy atom. The van der Waals surface area contributed by atoms with Crippen LogP contribution < -0.4 is 0 Å². The molecule has 18 heavy (non-hydrogen) atoms. The van der Waals surface area contributed by atoms with Gasteiger partial charge in [-0.15, -0.1) is 0 Å². The third-order valence-electron chi connectivity index (χ3n) is 4.68. The fourth-order valence-electron chi connectivity index (χ4n) is 2.92. The van der Waals surface area contributed by atoms with E-state index >= 15 is 0 Å². The largest absolute Gasteiger partial charge is 0.534 e. The van der Waals surface area contributed by atoms with Gasteiger partial charge >= 0.3 is 15.6 Å². The maximum Gasteiger partial charge on any atom is 0.534 e. The van der Waals surface area contributed by atoms with Crippen molar-refractivity contribution in [3.63, 3.8) is 0 Å². The second kappa shape index (κ2) is 3.43. The number of hydrogen-bond acceptors (Lipinski definition) is 3. The molecule has 1 saturated carbocycles. The fourth-order valence-corrected chi connectivity index (χ4v) is 3.49. The van der Waals surface area contributed by atoms with Crippen molar-refractivity contribution in [2.45, 2.75) is 39.1 Å². The summed E-state index contributed by atoms with van der Waals surface area (Å²) in [6.07, 6.45) is 3.03. The van der Waals surface area contributed by atoms with E-state index in [-0.39, 0.29) is 17.1 Å². The Hall–Kier alpha value is -0.720. The Kier molecular flexibility index (Phi) is 2.61. The van der Waals surface area contributed by atoms with Crippen molar-refractivity contribution in [2.24, 2.45) is 16.7 Å². The van der Waals surface area contributed by atoms with Crippen LogP contribution in [-0.4, -0.2) is 13.9 Å². The van der Waals surface area contributed by atoms with Gasteiger partial charge in [-0.05, 0) is 30.3 Å². The highest BCUT2D eigenvalue weighted by Crippen LogP contribution is 2.65. The highest BCUT2D eigenvalue weighted by atomic mass is 32.2. The van der Waals surface area contributed by atoms with E-state index in [9.17, 15) is 21.6 Å². The molecule has 0 N–H and O–H groups in total. The molecule has 0 aromatic carbocycles. The van der Waals surface area contributed by atoms with Crippen LogP contribution in [0.15, 0.2) is 11.8 Å². The quantitative estimate of drug-likeness (QED) is 0.577. The summed E-state index contributed by atoms with van der Waals surface area (Å²) < 4.78 is 63.4. The number of rotatable bonds is 2. The summed E-state index contributed by atoms with van der Waals surface area (Å²) in [5, 5.41) is 0.